The smallest absolute Gasteiger partial charge is 0.298 e. The Morgan fingerprint density at radius 1 is 1.20 bits per heavy atom. The van der Waals surface area contributed by atoms with Crippen LogP contribution in [0.25, 0.3) is 0 Å². The highest BCUT2D eigenvalue weighted by Gasteiger charge is 2.31. The Hall–Kier alpha value is -2.43. The van der Waals surface area contributed by atoms with Crippen LogP contribution in [0.15, 0.2) is 53.6 Å². The van der Waals surface area contributed by atoms with Gasteiger partial charge in [-0.15, -0.1) is 11.3 Å². The zero-order chi connectivity index (χ0) is 22.1. The summed E-state index contributed by atoms with van der Waals surface area (Å²) in [5.41, 5.74) is -0.379. The van der Waals surface area contributed by atoms with E-state index in [4.69, 9.17) is 11.6 Å². The molecule has 3 rings (SSSR count). The first-order valence-corrected chi connectivity index (χ1v) is 11.4. The lowest BCUT2D eigenvalue weighted by molar-refractivity contribution is -0.137. The van der Waals surface area contributed by atoms with Crippen molar-refractivity contribution in [1.82, 2.24) is 4.98 Å². The number of amides is 1. The molecular weight excluding hydrogens is 461 g/mol. The van der Waals surface area contributed by atoms with E-state index in [2.05, 4.69) is 10.3 Å². The number of benzene rings is 2. The van der Waals surface area contributed by atoms with Gasteiger partial charge >= 0.3 is 6.18 Å². The summed E-state index contributed by atoms with van der Waals surface area (Å²) >= 11 is 7.10. The van der Waals surface area contributed by atoms with Gasteiger partial charge in [0.15, 0.2) is 15.0 Å². The van der Waals surface area contributed by atoms with Crippen molar-refractivity contribution in [2.24, 2.45) is 0 Å². The summed E-state index contributed by atoms with van der Waals surface area (Å²) in [5.74, 6) is -0.557. The molecule has 1 heterocycles. The van der Waals surface area contributed by atoms with Crippen LogP contribution in [0.4, 0.5) is 18.3 Å². The molecule has 0 bridgehead atoms. The van der Waals surface area contributed by atoms with Gasteiger partial charge in [-0.25, -0.2) is 13.4 Å². The highest BCUT2D eigenvalue weighted by atomic mass is 35.5. The van der Waals surface area contributed by atoms with Gasteiger partial charge < -0.3 is 0 Å². The fraction of sp³-hybridized carbons (Fsp3) is 0.158. The molecule has 0 fully saturated rings. The van der Waals surface area contributed by atoms with Crippen LogP contribution < -0.4 is 5.32 Å². The largest absolute Gasteiger partial charge is 0.416 e. The molecule has 2 aromatic carbocycles. The van der Waals surface area contributed by atoms with E-state index in [0.29, 0.717) is 4.88 Å². The maximum Gasteiger partial charge on any atom is 0.416 e. The maximum absolute atomic E-state index is 12.9. The highest BCUT2D eigenvalue weighted by molar-refractivity contribution is 7.90. The fourth-order valence-electron chi connectivity index (χ4n) is 2.56. The van der Waals surface area contributed by atoms with Crippen molar-refractivity contribution in [3.63, 3.8) is 0 Å². The average Bonchev–Trinajstić information content (AvgIpc) is 3.09. The number of alkyl halides is 3. The average molecular weight is 475 g/mol. The highest BCUT2D eigenvalue weighted by Crippen LogP contribution is 2.33. The number of nitrogens with one attached hydrogen (secondary N) is 1. The van der Waals surface area contributed by atoms with Gasteiger partial charge in [0.1, 0.15) is 0 Å². The van der Waals surface area contributed by atoms with E-state index in [9.17, 15) is 26.4 Å². The molecule has 1 N–H and O–H groups in total. The van der Waals surface area contributed by atoms with Crippen molar-refractivity contribution >= 4 is 43.8 Å². The number of hydrogen-bond donors (Lipinski definition) is 1. The molecule has 0 aliphatic heterocycles. The molecule has 0 unspecified atom stereocenters. The first-order chi connectivity index (χ1) is 13.9. The molecule has 3 aromatic rings. The molecule has 0 atom stereocenters. The van der Waals surface area contributed by atoms with E-state index < -0.39 is 27.5 Å². The lowest BCUT2D eigenvalue weighted by Crippen LogP contribution is -2.12. The number of thiazole rings is 1. The van der Waals surface area contributed by atoms with Gasteiger partial charge in [0, 0.05) is 34.3 Å². The Kier molecular flexibility index (Phi) is 6.21. The Morgan fingerprint density at radius 2 is 1.93 bits per heavy atom. The number of carbonyl (C=O) groups excluding carboxylic acids is 1. The van der Waals surface area contributed by atoms with E-state index in [0.717, 1.165) is 29.7 Å². The van der Waals surface area contributed by atoms with Crippen LogP contribution in [0.3, 0.4) is 0 Å². The standard InChI is InChI=1S/C19H14ClF3N2O3S2/c1-30(27,28)15-4-2-3-11(9-15)17(26)25-18-24-10-14(29-18)8-12-7-13(19(21,22)23)5-6-16(12)20/h2-7,9-10H,8H2,1H3,(H,24,25,26). The van der Waals surface area contributed by atoms with Gasteiger partial charge in [-0.05, 0) is 42.0 Å². The number of carbonyl (C=O) groups is 1. The number of halogens is 4. The summed E-state index contributed by atoms with van der Waals surface area (Å²) in [5, 5.41) is 2.97. The molecule has 0 saturated carbocycles. The third kappa shape index (κ3) is 5.38. The van der Waals surface area contributed by atoms with E-state index in [1.807, 2.05) is 0 Å². The predicted octanol–water partition coefficient (Wildman–Crippen LogP) is 5.06. The second-order valence-corrected chi connectivity index (χ2v) is 9.90. The van der Waals surface area contributed by atoms with Crippen LogP contribution in [0.1, 0.15) is 26.4 Å². The van der Waals surface area contributed by atoms with Crippen molar-refractivity contribution in [2.45, 2.75) is 17.5 Å². The maximum atomic E-state index is 12.9. The van der Waals surface area contributed by atoms with E-state index in [1.165, 1.54) is 36.5 Å². The zero-order valence-electron chi connectivity index (χ0n) is 15.3. The van der Waals surface area contributed by atoms with Gasteiger partial charge in [0.2, 0.25) is 0 Å². The van der Waals surface area contributed by atoms with Gasteiger partial charge in [0.05, 0.1) is 10.5 Å². The quantitative estimate of drug-likeness (QED) is 0.560. The van der Waals surface area contributed by atoms with Crippen molar-refractivity contribution < 1.29 is 26.4 Å². The van der Waals surface area contributed by atoms with Crippen LogP contribution in [0.2, 0.25) is 5.02 Å². The minimum atomic E-state index is -4.48. The molecule has 0 spiro atoms. The Bertz CT molecular complexity index is 1210. The summed E-state index contributed by atoms with van der Waals surface area (Å²) in [6.45, 7) is 0. The number of anilines is 1. The molecule has 30 heavy (non-hydrogen) atoms. The number of rotatable bonds is 5. The van der Waals surface area contributed by atoms with Crippen LogP contribution >= 0.6 is 22.9 Å². The summed E-state index contributed by atoms with van der Waals surface area (Å²) in [7, 11) is -3.47. The van der Waals surface area contributed by atoms with Crippen molar-refractivity contribution in [1.29, 1.82) is 0 Å². The molecule has 5 nitrogen and oxygen atoms in total. The van der Waals surface area contributed by atoms with Crippen molar-refractivity contribution in [3.05, 3.63) is 75.3 Å². The predicted molar refractivity (Wildman–Crippen MR) is 109 cm³/mol. The first-order valence-electron chi connectivity index (χ1n) is 8.35. The SMILES string of the molecule is CS(=O)(=O)c1cccc(C(=O)Nc2ncc(Cc3cc(C(F)(F)F)ccc3Cl)s2)c1. The summed E-state index contributed by atoms with van der Waals surface area (Å²) < 4.78 is 62.0. The Morgan fingerprint density at radius 3 is 2.60 bits per heavy atom. The molecule has 1 aromatic heterocycles. The Labute approximate surface area is 179 Å². The summed E-state index contributed by atoms with van der Waals surface area (Å²) in [6, 6.07) is 8.63. The second-order valence-electron chi connectivity index (χ2n) is 6.37. The third-order valence-electron chi connectivity index (χ3n) is 4.04. The molecule has 11 heteroatoms. The molecule has 158 valence electrons. The van der Waals surface area contributed by atoms with Gasteiger partial charge in [-0.3, -0.25) is 10.1 Å². The van der Waals surface area contributed by atoms with Gasteiger partial charge in [-0.2, -0.15) is 13.2 Å². The van der Waals surface area contributed by atoms with E-state index >= 15 is 0 Å². The topological polar surface area (TPSA) is 76.1 Å². The van der Waals surface area contributed by atoms with Crippen LogP contribution in [0.5, 0.6) is 0 Å². The number of sulfone groups is 1. The fourth-order valence-corrected chi connectivity index (χ4v) is 4.24. The molecule has 0 saturated heterocycles. The minimum Gasteiger partial charge on any atom is -0.298 e. The van der Waals surface area contributed by atoms with E-state index in [-0.39, 0.29) is 32.6 Å². The Balaban J connectivity index is 1.76. The van der Waals surface area contributed by atoms with E-state index in [1.54, 1.807) is 0 Å². The molecule has 1 amide bonds. The number of aromatic nitrogens is 1. The first kappa shape index (κ1) is 22.3. The monoisotopic (exact) mass is 474 g/mol. The van der Waals surface area contributed by atoms with Crippen molar-refractivity contribution in [3.8, 4) is 0 Å². The van der Waals surface area contributed by atoms with Gasteiger partial charge in [0.25, 0.3) is 5.91 Å². The third-order valence-corrected chi connectivity index (χ3v) is 6.43. The summed E-state index contributed by atoms with van der Waals surface area (Å²) in [4.78, 5) is 17.0. The second kappa shape index (κ2) is 8.37. The summed E-state index contributed by atoms with van der Waals surface area (Å²) in [6.07, 6.45) is -1.90. The van der Waals surface area contributed by atoms with Crippen LogP contribution in [-0.4, -0.2) is 25.6 Å². The molecule has 0 aliphatic rings. The zero-order valence-corrected chi connectivity index (χ0v) is 17.7. The number of hydrogen-bond acceptors (Lipinski definition) is 5. The molecule has 0 aliphatic carbocycles. The van der Waals surface area contributed by atoms with Gasteiger partial charge in [-0.1, -0.05) is 17.7 Å². The normalized spacial score (nSPS) is 12.0. The number of nitrogens with zero attached hydrogens (tertiary/aromatic N) is 1. The molecular formula is C19H14ClF3N2O3S2. The lowest BCUT2D eigenvalue weighted by Gasteiger charge is -2.09. The van der Waals surface area contributed by atoms with Crippen molar-refractivity contribution in [2.75, 3.05) is 11.6 Å². The van der Waals surface area contributed by atoms with Crippen LogP contribution in [-0.2, 0) is 22.4 Å². The van der Waals surface area contributed by atoms with Crippen LogP contribution in [0, 0.1) is 0 Å². The molecule has 0 radical (unpaired) electrons. The lowest BCUT2D eigenvalue weighted by atomic mass is 10.1. The minimum absolute atomic E-state index is 0.00849.